The molecule has 2 rings (SSSR count). The Morgan fingerprint density at radius 1 is 1.18 bits per heavy atom. The van der Waals surface area contributed by atoms with Gasteiger partial charge in [0.15, 0.2) is 0 Å². The molecule has 0 amide bonds. The van der Waals surface area contributed by atoms with E-state index < -0.39 is 0 Å². The fourth-order valence-electron chi connectivity index (χ4n) is 2.64. The first kappa shape index (κ1) is 7.56. The lowest BCUT2D eigenvalue weighted by atomic mass is 9.80. The van der Waals surface area contributed by atoms with Gasteiger partial charge in [-0.1, -0.05) is 0 Å². The molecule has 1 aliphatic carbocycles. The van der Waals surface area contributed by atoms with Crippen LogP contribution in [0.5, 0.6) is 0 Å². The average Bonchev–Trinajstić information content (AvgIpc) is 2.27. The van der Waals surface area contributed by atoms with Crippen LogP contribution in [0.25, 0.3) is 0 Å². The maximum atomic E-state index is 9.42. The Kier molecular flexibility index (Phi) is 1.90. The average molecular weight is 155 g/mol. The predicted molar refractivity (Wildman–Crippen MR) is 44.3 cm³/mol. The van der Waals surface area contributed by atoms with Crippen LogP contribution in [-0.2, 0) is 0 Å². The Morgan fingerprint density at radius 2 is 1.91 bits per heavy atom. The lowest BCUT2D eigenvalue weighted by molar-refractivity contribution is 0.0866. The molecule has 1 N–H and O–H groups in total. The van der Waals surface area contributed by atoms with Gasteiger partial charge in [-0.2, -0.15) is 0 Å². The highest BCUT2D eigenvalue weighted by Crippen LogP contribution is 2.35. The summed E-state index contributed by atoms with van der Waals surface area (Å²) in [4.78, 5) is 2.40. The first-order valence-corrected chi connectivity index (χ1v) is 4.62. The Hall–Kier alpha value is -0.0800. The summed E-state index contributed by atoms with van der Waals surface area (Å²) in [6.45, 7) is 2.47. The zero-order valence-corrected chi connectivity index (χ0v) is 7.16. The number of fused-ring (bicyclic) bond motifs is 1. The molecule has 2 fully saturated rings. The van der Waals surface area contributed by atoms with Crippen LogP contribution in [-0.4, -0.2) is 36.2 Å². The van der Waals surface area contributed by atoms with Gasteiger partial charge >= 0.3 is 0 Å². The van der Waals surface area contributed by atoms with Gasteiger partial charge in [-0.05, 0) is 38.1 Å². The zero-order chi connectivity index (χ0) is 7.84. The number of likely N-dealkylation sites (tertiary alicyclic amines) is 1. The van der Waals surface area contributed by atoms with Gasteiger partial charge in [0.25, 0.3) is 0 Å². The summed E-state index contributed by atoms with van der Waals surface area (Å²) in [7, 11) is 2.19. The molecule has 0 aromatic rings. The first-order valence-electron chi connectivity index (χ1n) is 4.62. The molecule has 0 spiro atoms. The van der Waals surface area contributed by atoms with E-state index in [0.717, 1.165) is 24.7 Å². The third kappa shape index (κ3) is 1.42. The van der Waals surface area contributed by atoms with Crippen molar-refractivity contribution in [2.75, 3.05) is 20.1 Å². The Labute approximate surface area is 68.2 Å². The minimum Gasteiger partial charge on any atom is -0.393 e. The SMILES string of the molecule is CN1C[C@H]2C[C@@H](O)CC[C@H]2C1. The van der Waals surface area contributed by atoms with E-state index in [4.69, 9.17) is 0 Å². The smallest absolute Gasteiger partial charge is 0.0543 e. The number of aliphatic hydroxyl groups excluding tert-OH is 1. The topological polar surface area (TPSA) is 23.5 Å². The van der Waals surface area contributed by atoms with E-state index in [-0.39, 0.29) is 6.10 Å². The molecule has 2 nitrogen and oxygen atoms in total. The van der Waals surface area contributed by atoms with Crippen molar-refractivity contribution in [3.05, 3.63) is 0 Å². The van der Waals surface area contributed by atoms with Crippen LogP contribution in [0.3, 0.4) is 0 Å². The van der Waals surface area contributed by atoms with E-state index in [1.165, 1.54) is 19.5 Å². The summed E-state index contributed by atoms with van der Waals surface area (Å²) in [5, 5.41) is 9.42. The molecule has 64 valence electrons. The quantitative estimate of drug-likeness (QED) is 0.557. The van der Waals surface area contributed by atoms with Gasteiger partial charge in [0.05, 0.1) is 6.10 Å². The molecular weight excluding hydrogens is 138 g/mol. The molecule has 2 aliphatic rings. The monoisotopic (exact) mass is 155 g/mol. The van der Waals surface area contributed by atoms with Crippen LogP contribution >= 0.6 is 0 Å². The fraction of sp³-hybridized carbons (Fsp3) is 1.00. The zero-order valence-electron chi connectivity index (χ0n) is 7.16. The van der Waals surface area contributed by atoms with Crippen molar-refractivity contribution in [3.8, 4) is 0 Å². The standard InChI is InChI=1S/C9H17NO/c1-10-5-7-2-3-9(11)4-8(7)6-10/h7-9,11H,2-6H2,1H3/t7-,8+,9-/m0/s1. The predicted octanol–water partition coefficient (Wildman–Crippen LogP) is 0.709. The molecule has 1 heterocycles. The van der Waals surface area contributed by atoms with Gasteiger partial charge < -0.3 is 10.0 Å². The third-order valence-electron chi connectivity index (χ3n) is 3.20. The lowest BCUT2D eigenvalue weighted by Gasteiger charge is -2.27. The van der Waals surface area contributed by atoms with Crippen LogP contribution in [0.1, 0.15) is 19.3 Å². The summed E-state index contributed by atoms with van der Waals surface area (Å²) in [6.07, 6.45) is 3.34. The fourth-order valence-corrected chi connectivity index (χ4v) is 2.64. The van der Waals surface area contributed by atoms with E-state index in [1.54, 1.807) is 0 Å². The van der Waals surface area contributed by atoms with Crippen LogP contribution in [0.4, 0.5) is 0 Å². The van der Waals surface area contributed by atoms with E-state index in [9.17, 15) is 5.11 Å². The van der Waals surface area contributed by atoms with Gasteiger partial charge in [-0.25, -0.2) is 0 Å². The third-order valence-corrected chi connectivity index (χ3v) is 3.20. The number of nitrogens with zero attached hydrogens (tertiary/aromatic N) is 1. The summed E-state index contributed by atoms with van der Waals surface area (Å²) in [5.74, 6) is 1.69. The number of aliphatic hydroxyl groups is 1. The molecule has 0 unspecified atom stereocenters. The van der Waals surface area contributed by atoms with E-state index in [0.29, 0.717) is 0 Å². The second-order valence-electron chi connectivity index (χ2n) is 4.21. The maximum absolute atomic E-state index is 9.42. The summed E-state index contributed by atoms with van der Waals surface area (Å²) < 4.78 is 0. The molecule has 2 heteroatoms. The van der Waals surface area contributed by atoms with Gasteiger partial charge in [0.2, 0.25) is 0 Å². The highest BCUT2D eigenvalue weighted by atomic mass is 16.3. The van der Waals surface area contributed by atoms with E-state index >= 15 is 0 Å². The molecule has 1 saturated heterocycles. The second kappa shape index (κ2) is 2.76. The van der Waals surface area contributed by atoms with E-state index in [1.807, 2.05) is 0 Å². The van der Waals surface area contributed by atoms with Gasteiger partial charge in [-0.3, -0.25) is 0 Å². The molecular formula is C9H17NO. The molecule has 3 atom stereocenters. The number of rotatable bonds is 0. The molecule has 0 radical (unpaired) electrons. The molecule has 11 heavy (non-hydrogen) atoms. The Morgan fingerprint density at radius 3 is 2.73 bits per heavy atom. The Balaban J connectivity index is 1.97. The first-order chi connectivity index (χ1) is 5.25. The molecule has 0 aromatic carbocycles. The van der Waals surface area contributed by atoms with Crippen LogP contribution in [0.15, 0.2) is 0 Å². The molecule has 0 bridgehead atoms. The van der Waals surface area contributed by atoms with Crippen LogP contribution in [0.2, 0.25) is 0 Å². The van der Waals surface area contributed by atoms with Crippen molar-refractivity contribution in [1.82, 2.24) is 4.90 Å². The van der Waals surface area contributed by atoms with Crippen molar-refractivity contribution in [3.63, 3.8) is 0 Å². The molecule has 1 aliphatic heterocycles. The largest absolute Gasteiger partial charge is 0.393 e. The lowest BCUT2D eigenvalue weighted by Crippen LogP contribution is -2.26. The molecule has 0 aromatic heterocycles. The number of hydrogen-bond donors (Lipinski definition) is 1. The highest BCUT2D eigenvalue weighted by molar-refractivity contribution is 4.87. The molecule has 1 saturated carbocycles. The van der Waals surface area contributed by atoms with Gasteiger partial charge in [-0.15, -0.1) is 0 Å². The summed E-state index contributed by atoms with van der Waals surface area (Å²) >= 11 is 0. The van der Waals surface area contributed by atoms with Gasteiger partial charge in [0, 0.05) is 13.1 Å². The highest BCUT2D eigenvalue weighted by Gasteiger charge is 2.35. The summed E-state index contributed by atoms with van der Waals surface area (Å²) in [6, 6.07) is 0. The Bertz CT molecular complexity index is 148. The van der Waals surface area contributed by atoms with Gasteiger partial charge in [0.1, 0.15) is 0 Å². The minimum absolute atomic E-state index is 0.00255. The van der Waals surface area contributed by atoms with E-state index in [2.05, 4.69) is 11.9 Å². The number of hydrogen-bond acceptors (Lipinski definition) is 2. The van der Waals surface area contributed by atoms with Crippen LogP contribution < -0.4 is 0 Å². The van der Waals surface area contributed by atoms with Crippen molar-refractivity contribution >= 4 is 0 Å². The van der Waals surface area contributed by atoms with Crippen molar-refractivity contribution in [2.45, 2.75) is 25.4 Å². The van der Waals surface area contributed by atoms with Crippen molar-refractivity contribution < 1.29 is 5.11 Å². The van der Waals surface area contributed by atoms with Crippen molar-refractivity contribution in [2.24, 2.45) is 11.8 Å². The van der Waals surface area contributed by atoms with Crippen LogP contribution in [0, 0.1) is 11.8 Å². The maximum Gasteiger partial charge on any atom is 0.0543 e. The normalized spacial score (nSPS) is 45.8. The minimum atomic E-state index is 0.00255. The second-order valence-corrected chi connectivity index (χ2v) is 4.21. The summed E-state index contributed by atoms with van der Waals surface area (Å²) in [5.41, 5.74) is 0. The van der Waals surface area contributed by atoms with Crippen molar-refractivity contribution in [1.29, 1.82) is 0 Å².